The summed E-state index contributed by atoms with van der Waals surface area (Å²) in [5, 5.41) is 11.9. The van der Waals surface area contributed by atoms with Gasteiger partial charge in [-0.3, -0.25) is 4.79 Å². The molecule has 0 aliphatic heterocycles. The third kappa shape index (κ3) is 4.89. The van der Waals surface area contributed by atoms with Gasteiger partial charge in [-0.2, -0.15) is 4.99 Å². The number of benzene rings is 1. The van der Waals surface area contributed by atoms with Gasteiger partial charge in [-0.05, 0) is 25.5 Å². The van der Waals surface area contributed by atoms with E-state index in [0.717, 1.165) is 21.1 Å². The summed E-state index contributed by atoms with van der Waals surface area (Å²) in [6.07, 6.45) is 1.89. The van der Waals surface area contributed by atoms with Crippen LogP contribution in [-0.4, -0.2) is 31.4 Å². The average molecular weight is 478 g/mol. The molecule has 3 aromatic heterocycles. The summed E-state index contributed by atoms with van der Waals surface area (Å²) in [4.78, 5) is 22.4. The van der Waals surface area contributed by atoms with Crippen molar-refractivity contribution in [2.24, 2.45) is 4.99 Å². The second-order valence-corrected chi connectivity index (χ2v) is 9.63. The van der Waals surface area contributed by atoms with E-state index in [-0.39, 0.29) is 11.7 Å². The maximum absolute atomic E-state index is 12.4. The molecular formula is C19H16ClN5O2S3. The summed E-state index contributed by atoms with van der Waals surface area (Å²) >= 11 is 10.3. The number of hydrogen-bond donors (Lipinski definition) is 0. The summed E-state index contributed by atoms with van der Waals surface area (Å²) in [5.41, 5.74) is 1.82. The quantitative estimate of drug-likeness (QED) is 0.377. The van der Waals surface area contributed by atoms with E-state index >= 15 is 0 Å². The lowest BCUT2D eigenvalue weighted by Crippen LogP contribution is -2.17. The molecule has 30 heavy (non-hydrogen) atoms. The van der Waals surface area contributed by atoms with Crippen LogP contribution in [0.15, 0.2) is 50.5 Å². The van der Waals surface area contributed by atoms with Gasteiger partial charge in [0, 0.05) is 16.6 Å². The highest BCUT2D eigenvalue weighted by Crippen LogP contribution is 2.30. The molecule has 4 aromatic rings. The summed E-state index contributed by atoms with van der Waals surface area (Å²) in [7, 11) is 0. The molecule has 0 N–H and O–H groups in total. The number of thioether (sulfide) groups is 1. The van der Waals surface area contributed by atoms with Crippen molar-refractivity contribution in [3.05, 3.63) is 61.9 Å². The van der Waals surface area contributed by atoms with Crippen LogP contribution in [0.2, 0.25) is 5.02 Å². The molecule has 0 fully saturated rings. The zero-order chi connectivity index (χ0) is 21.1. The third-order valence-electron chi connectivity index (χ3n) is 4.00. The second kappa shape index (κ2) is 9.25. The molecule has 11 heteroatoms. The normalized spacial score (nSPS) is 11.9. The highest BCUT2D eigenvalue weighted by molar-refractivity contribution is 7.99. The largest absolute Gasteiger partial charge is 0.410 e. The van der Waals surface area contributed by atoms with E-state index in [2.05, 4.69) is 20.2 Å². The predicted octanol–water partition coefficient (Wildman–Crippen LogP) is 4.59. The Hall–Kier alpha value is -2.27. The molecule has 1 aromatic carbocycles. The summed E-state index contributed by atoms with van der Waals surface area (Å²) in [6.45, 7) is 4.37. The summed E-state index contributed by atoms with van der Waals surface area (Å²) in [6, 6.07) is 7.61. The van der Waals surface area contributed by atoms with Crippen LogP contribution in [0.4, 0.5) is 0 Å². The molecule has 0 aliphatic rings. The molecule has 0 atom stereocenters. The minimum atomic E-state index is -0.278. The Labute approximate surface area is 189 Å². The van der Waals surface area contributed by atoms with Gasteiger partial charge in [0.05, 0.1) is 23.0 Å². The minimum absolute atomic E-state index is 0.103. The lowest BCUT2D eigenvalue weighted by atomic mass is 10.2. The first-order valence-electron chi connectivity index (χ1n) is 8.85. The van der Waals surface area contributed by atoms with Crippen LogP contribution in [0.5, 0.6) is 0 Å². The first-order valence-corrected chi connectivity index (χ1v) is 11.9. The van der Waals surface area contributed by atoms with Gasteiger partial charge >= 0.3 is 0 Å². The van der Waals surface area contributed by atoms with E-state index in [9.17, 15) is 4.79 Å². The van der Waals surface area contributed by atoms with Gasteiger partial charge in [-0.15, -0.1) is 32.9 Å². The Morgan fingerprint density at radius 1 is 1.30 bits per heavy atom. The number of amides is 1. The van der Waals surface area contributed by atoms with E-state index in [1.54, 1.807) is 0 Å². The predicted molar refractivity (Wildman–Crippen MR) is 119 cm³/mol. The first kappa shape index (κ1) is 21.0. The zero-order valence-corrected chi connectivity index (χ0v) is 19.2. The fourth-order valence-electron chi connectivity index (χ4n) is 2.67. The van der Waals surface area contributed by atoms with Gasteiger partial charge in [0.15, 0.2) is 4.80 Å². The van der Waals surface area contributed by atoms with Crippen molar-refractivity contribution >= 4 is 51.9 Å². The topological polar surface area (TPSA) is 86.2 Å². The van der Waals surface area contributed by atoms with Crippen molar-refractivity contribution in [2.45, 2.75) is 25.6 Å². The van der Waals surface area contributed by atoms with Gasteiger partial charge in [0.25, 0.3) is 17.0 Å². The molecule has 0 radical (unpaired) electrons. The number of aryl methyl sites for hydroxylation is 2. The molecule has 0 saturated carbocycles. The highest BCUT2D eigenvalue weighted by atomic mass is 35.5. The first-order chi connectivity index (χ1) is 14.5. The van der Waals surface area contributed by atoms with Gasteiger partial charge < -0.3 is 8.98 Å². The van der Waals surface area contributed by atoms with E-state index < -0.39 is 0 Å². The van der Waals surface area contributed by atoms with Crippen LogP contribution in [0.1, 0.15) is 16.3 Å². The number of rotatable bonds is 6. The summed E-state index contributed by atoms with van der Waals surface area (Å²) in [5.74, 6) is 0.243. The molecular weight excluding hydrogens is 462 g/mol. The van der Waals surface area contributed by atoms with Crippen LogP contribution >= 0.6 is 46.0 Å². The van der Waals surface area contributed by atoms with E-state index in [1.165, 1.54) is 34.4 Å². The van der Waals surface area contributed by atoms with Gasteiger partial charge in [-0.25, -0.2) is 4.98 Å². The van der Waals surface area contributed by atoms with Crippen molar-refractivity contribution < 1.29 is 9.21 Å². The number of thiazole rings is 2. The van der Waals surface area contributed by atoms with E-state index in [4.69, 9.17) is 16.0 Å². The molecule has 4 rings (SSSR count). The molecule has 7 nitrogen and oxygen atoms in total. The minimum Gasteiger partial charge on any atom is -0.410 e. The van der Waals surface area contributed by atoms with Gasteiger partial charge in [0.1, 0.15) is 4.88 Å². The van der Waals surface area contributed by atoms with Crippen LogP contribution in [0.25, 0.3) is 10.8 Å². The lowest BCUT2D eigenvalue weighted by molar-refractivity contribution is -0.115. The molecule has 0 unspecified atom stereocenters. The molecule has 3 heterocycles. The molecule has 1 amide bonds. The molecule has 0 bridgehead atoms. The van der Waals surface area contributed by atoms with Crippen molar-refractivity contribution in [3.8, 4) is 10.8 Å². The van der Waals surface area contributed by atoms with Crippen LogP contribution in [0.3, 0.4) is 0 Å². The number of carbonyl (C=O) groups is 1. The van der Waals surface area contributed by atoms with Gasteiger partial charge in [0.2, 0.25) is 0 Å². The zero-order valence-electron chi connectivity index (χ0n) is 16.0. The fraction of sp³-hybridized carbons (Fsp3) is 0.211. The SMILES string of the molecule is Cc1nc(C)c(-c2nnc(SCC(=O)N=c3sccn3Cc3ccccc3Cl)o2)s1. The van der Waals surface area contributed by atoms with Crippen LogP contribution in [-0.2, 0) is 11.3 Å². The fourth-order valence-corrected chi connectivity index (χ4v) is 5.00. The van der Waals surface area contributed by atoms with Crippen molar-refractivity contribution in [1.29, 1.82) is 0 Å². The Kier molecular flexibility index (Phi) is 6.47. The molecule has 154 valence electrons. The Morgan fingerprint density at radius 3 is 2.90 bits per heavy atom. The Morgan fingerprint density at radius 2 is 2.13 bits per heavy atom. The van der Waals surface area contributed by atoms with Crippen LogP contribution < -0.4 is 4.80 Å². The lowest BCUT2D eigenvalue weighted by Gasteiger charge is -2.05. The maximum atomic E-state index is 12.4. The molecule has 0 saturated heterocycles. The van der Waals surface area contributed by atoms with Crippen molar-refractivity contribution in [1.82, 2.24) is 19.7 Å². The second-order valence-electron chi connectivity index (χ2n) is 6.22. The van der Waals surface area contributed by atoms with E-state index in [0.29, 0.717) is 27.5 Å². The van der Waals surface area contributed by atoms with Crippen LogP contribution in [0, 0.1) is 13.8 Å². The highest BCUT2D eigenvalue weighted by Gasteiger charge is 2.16. The van der Waals surface area contributed by atoms with E-state index in [1.807, 2.05) is 54.3 Å². The number of nitrogens with zero attached hydrogens (tertiary/aromatic N) is 5. The number of hydrogen-bond acceptors (Lipinski definition) is 8. The number of halogens is 1. The Bertz CT molecular complexity index is 1260. The molecule has 0 aliphatic carbocycles. The third-order valence-corrected chi connectivity index (χ3v) is 7.03. The number of aromatic nitrogens is 4. The van der Waals surface area contributed by atoms with Crippen molar-refractivity contribution in [3.63, 3.8) is 0 Å². The Balaban J connectivity index is 1.42. The average Bonchev–Trinajstić information content (AvgIpc) is 3.43. The monoisotopic (exact) mass is 477 g/mol. The standard InChI is InChI=1S/C19H16ClN5O2S3/c1-11-16(30-12(2)21-11)17-23-24-19(27-17)29-10-15(26)22-18-25(7-8-28-18)9-13-5-3-4-6-14(13)20/h3-8H,9-10H2,1-2H3. The van der Waals surface area contributed by atoms with Crippen molar-refractivity contribution in [2.75, 3.05) is 5.75 Å². The molecule has 0 spiro atoms. The summed E-state index contributed by atoms with van der Waals surface area (Å²) < 4.78 is 7.56. The van der Waals surface area contributed by atoms with Gasteiger partial charge in [-0.1, -0.05) is 41.6 Å². The number of carbonyl (C=O) groups excluding carboxylic acids is 1. The smallest absolute Gasteiger partial charge is 0.277 e. The maximum Gasteiger partial charge on any atom is 0.277 e.